The molecule has 0 heterocycles. The minimum absolute atomic E-state index is 0.126. The Bertz CT molecular complexity index is 451. The summed E-state index contributed by atoms with van der Waals surface area (Å²) in [4.78, 5) is 21.9. The molecule has 1 aromatic carbocycles. The van der Waals surface area contributed by atoms with Crippen molar-refractivity contribution in [2.75, 3.05) is 0 Å². The Morgan fingerprint density at radius 2 is 1.58 bits per heavy atom. The lowest BCUT2D eigenvalue weighted by atomic mass is 10.00. The second-order valence-corrected chi connectivity index (χ2v) is 4.65. The molecule has 2 N–H and O–H groups in total. The third kappa shape index (κ3) is 4.73. The molecule has 0 radical (unpaired) electrons. The van der Waals surface area contributed by atoms with E-state index in [1.165, 1.54) is 31.4 Å². The van der Waals surface area contributed by atoms with Gasteiger partial charge in [0.2, 0.25) is 0 Å². The van der Waals surface area contributed by atoms with E-state index in [0.29, 0.717) is 0 Å². The van der Waals surface area contributed by atoms with Crippen LogP contribution in [-0.2, 0) is 6.42 Å². The maximum atomic E-state index is 11.0. The number of hydrogen-bond donors (Lipinski definition) is 2. The molecule has 0 amide bonds. The Kier molecular flexibility index (Phi) is 6.06. The second-order valence-electron chi connectivity index (χ2n) is 4.65. The molecule has 1 rings (SSSR count). The van der Waals surface area contributed by atoms with Gasteiger partial charge in [-0.05, 0) is 30.5 Å². The van der Waals surface area contributed by atoms with Gasteiger partial charge in [0.1, 0.15) is 0 Å². The van der Waals surface area contributed by atoms with Crippen LogP contribution in [0.25, 0.3) is 0 Å². The van der Waals surface area contributed by atoms with Crippen LogP contribution in [0.1, 0.15) is 65.3 Å². The Morgan fingerprint density at radius 3 is 2.16 bits per heavy atom. The van der Waals surface area contributed by atoms with E-state index < -0.39 is 11.9 Å². The van der Waals surface area contributed by atoms with Gasteiger partial charge in [0.25, 0.3) is 0 Å². The number of carboxylic acids is 2. The highest BCUT2D eigenvalue weighted by Gasteiger charge is 2.15. The van der Waals surface area contributed by atoms with Gasteiger partial charge >= 0.3 is 11.9 Å². The summed E-state index contributed by atoms with van der Waals surface area (Å²) >= 11 is 0. The van der Waals surface area contributed by atoms with Gasteiger partial charge in [-0.15, -0.1) is 0 Å². The third-order valence-electron chi connectivity index (χ3n) is 3.11. The van der Waals surface area contributed by atoms with Crippen molar-refractivity contribution < 1.29 is 19.8 Å². The minimum Gasteiger partial charge on any atom is -0.478 e. The van der Waals surface area contributed by atoms with Crippen molar-refractivity contribution in [3.05, 3.63) is 34.9 Å². The molecule has 0 fully saturated rings. The highest BCUT2D eigenvalue weighted by molar-refractivity contribution is 6.01. The fraction of sp³-hybridized carbons (Fsp3) is 0.467. The SMILES string of the molecule is CCCCCCCc1ccc(C(=O)O)c(C(=O)O)c1. The first-order valence-electron chi connectivity index (χ1n) is 6.65. The summed E-state index contributed by atoms with van der Waals surface area (Å²) in [6.45, 7) is 2.16. The summed E-state index contributed by atoms with van der Waals surface area (Å²) in [5, 5.41) is 17.9. The van der Waals surface area contributed by atoms with Crippen molar-refractivity contribution in [3.8, 4) is 0 Å². The molecule has 19 heavy (non-hydrogen) atoms. The molecule has 4 nitrogen and oxygen atoms in total. The lowest BCUT2D eigenvalue weighted by Gasteiger charge is -2.06. The van der Waals surface area contributed by atoms with Crippen molar-refractivity contribution in [2.45, 2.75) is 45.4 Å². The number of unbranched alkanes of at least 4 members (excludes halogenated alkanes) is 4. The van der Waals surface area contributed by atoms with Crippen LogP contribution in [0.3, 0.4) is 0 Å². The van der Waals surface area contributed by atoms with Crippen LogP contribution >= 0.6 is 0 Å². The number of aryl methyl sites for hydroxylation is 1. The molecule has 0 aliphatic rings. The van der Waals surface area contributed by atoms with Crippen LogP contribution in [0, 0.1) is 0 Å². The second kappa shape index (κ2) is 7.56. The van der Waals surface area contributed by atoms with Crippen molar-refractivity contribution in [2.24, 2.45) is 0 Å². The van der Waals surface area contributed by atoms with E-state index >= 15 is 0 Å². The van der Waals surface area contributed by atoms with E-state index in [2.05, 4.69) is 6.92 Å². The van der Waals surface area contributed by atoms with Crippen LogP contribution in [0.15, 0.2) is 18.2 Å². The Labute approximate surface area is 113 Å². The van der Waals surface area contributed by atoms with Gasteiger partial charge in [0.15, 0.2) is 0 Å². The van der Waals surface area contributed by atoms with E-state index in [9.17, 15) is 9.59 Å². The molecule has 1 aromatic rings. The van der Waals surface area contributed by atoms with Gasteiger partial charge in [-0.3, -0.25) is 0 Å². The zero-order valence-electron chi connectivity index (χ0n) is 11.2. The van der Waals surface area contributed by atoms with Gasteiger partial charge in [0.05, 0.1) is 11.1 Å². The molecule has 0 spiro atoms. The molecule has 4 heteroatoms. The highest BCUT2D eigenvalue weighted by Crippen LogP contribution is 2.15. The van der Waals surface area contributed by atoms with Gasteiger partial charge in [-0.25, -0.2) is 9.59 Å². The Hall–Kier alpha value is -1.84. The molecular weight excluding hydrogens is 244 g/mol. The number of rotatable bonds is 8. The van der Waals surface area contributed by atoms with Gasteiger partial charge in [-0.1, -0.05) is 38.7 Å². The molecule has 0 bridgehead atoms. The number of carboxylic acid groups (broad SMARTS) is 2. The van der Waals surface area contributed by atoms with Crippen molar-refractivity contribution in [3.63, 3.8) is 0 Å². The number of benzene rings is 1. The molecule has 0 aromatic heterocycles. The maximum absolute atomic E-state index is 11.0. The molecule has 0 unspecified atom stereocenters. The lowest BCUT2D eigenvalue weighted by molar-refractivity contribution is 0.0651. The number of hydrogen-bond acceptors (Lipinski definition) is 2. The molecule has 0 aliphatic carbocycles. The van der Waals surface area contributed by atoms with Crippen molar-refractivity contribution >= 4 is 11.9 Å². The molecule has 104 valence electrons. The summed E-state index contributed by atoms with van der Waals surface area (Å²) < 4.78 is 0. The van der Waals surface area contributed by atoms with Crippen molar-refractivity contribution in [1.82, 2.24) is 0 Å². The Balaban J connectivity index is 2.68. The maximum Gasteiger partial charge on any atom is 0.336 e. The van der Waals surface area contributed by atoms with E-state index in [-0.39, 0.29) is 11.1 Å². The molecule has 0 aliphatic heterocycles. The van der Waals surface area contributed by atoms with Crippen LogP contribution in [0.4, 0.5) is 0 Å². The van der Waals surface area contributed by atoms with Gasteiger partial charge in [0, 0.05) is 0 Å². The first-order valence-corrected chi connectivity index (χ1v) is 6.65. The predicted octanol–water partition coefficient (Wildman–Crippen LogP) is 3.60. The molecule has 0 saturated carbocycles. The largest absolute Gasteiger partial charge is 0.478 e. The first-order chi connectivity index (χ1) is 9.06. The van der Waals surface area contributed by atoms with E-state index in [1.54, 1.807) is 6.07 Å². The molecular formula is C15H20O4. The summed E-state index contributed by atoms with van der Waals surface area (Å²) in [5.74, 6) is -2.39. The summed E-state index contributed by atoms with van der Waals surface area (Å²) in [6, 6.07) is 4.56. The van der Waals surface area contributed by atoms with Gasteiger partial charge < -0.3 is 10.2 Å². The third-order valence-corrected chi connectivity index (χ3v) is 3.11. The van der Waals surface area contributed by atoms with Crippen LogP contribution in [-0.4, -0.2) is 22.2 Å². The fourth-order valence-electron chi connectivity index (χ4n) is 2.04. The van der Waals surface area contributed by atoms with Crippen molar-refractivity contribution in [1.29, 1.82) is 0 Å². The normalized spacial score (nSPS) is 10.4. The van der Waals surface area contributed by atoms with E-state index in [4.69, 9.17) is 10.2 Å². The fourth-order valence-corrected chi connectivity index (χ4v) is 2.04. The van der Waals surface area contributed by atoms with Crippen LogP contribution in [0.5, 0.6) is 0 Å². The summed E-state index contributed by atoms with van der Waals surface area (Å²) in [5.41, 5.74) is 0.611. The zero-order chi connectivity index (χ0) is 14.3. The molecule has 0 atom stereocenters. The average molecular weight is 264 g/mol. The zero-order valence-corrected chi connectivity index (χ0v) is 11.2. The van der Waals surface area contributed by atoms with Crippen LogP contribution in [0.2, 0.25) is 0 Å². The Morgan fingerprint density at radius 1 is 0.947 bits per heavy atom. The topological polar surface area (TPSA) is 74.6 Å². The minimum atomic E-state index is -1.20. The van der Waals surface area contributed by atoms with E-state index in [1.807, 2.05) is 0 Å². The summed E-state index contributed by atoms with van der Waals surface area (Å²) in [6.07, 6.45) is 6.52. The lowest BCUT2D eigenvalue weighted by Crippen LogP contribution is -2.08. The standard InChI is InChI=1S/C15H20O4/c1-2-3-4-5-6-7-11-8-9-12(14(16)17)13(10-11)15(18)19/h8-10H,2-7H2,1H3,(H,16,17)(H,18,19). The monoisotopic (exact) mass is 264 g/mol. The summed E-state index contributed by atoms with van der Waals surface area (Å²) in [7, 11) is 0. The van der Waals surface area contributed by atoms with Crippen LogP contribution < -0.4 is 0 Å². The predicted molar refractivity (Wildman–Crippen MR) is 72.8 cm³/mol. The van der Waals surface area contributed by atoms with E-state index in [0.717, 1.165) is 24.8 Å². The highest BCUT2D eigenvalue weighted by atomic mass is 16.4. The first kappa shape index (κ1) is 15.2. The van der Waals surface area contributed by atoms with Gasteiger partial charge in [-0.2, -0.15) is 0 Å². The quantitative estimate of drug-likeness (QED) is 0.703. The smallest absolute Gasteiger partial charge is 0.336 e. The molecule has 0 saturated heterocycles. The average Bonchev–Trinajstić information content (AvgIpc) is 2.38. The number of aromatic carboxylic acids is 2. The number of carbonyl (C=O) groups is 2.